The summed E-state index contributed by atoms with van der Waals surface area (Å²) >= 11 is 0. The highest BCUT2D eigenvalue weighted by atomic mass is 16.5. The van der Waals surface area contributed by atoms with E-state index in [2.05, 4.69) is 5.10 Å². The van der Waals surface area contributed by atoms with E-state index in [1.54, 1.807) is 31.1 Å². The van der Waals surface area contributed by atoms with Crippen molar-refractivity contribution < 1.29 is 14.3 Å². The molecule has 1 aromatic rings. The Balaban J connectivity index is 1.65. The van der Waals surface area contributed by atoms with Crippen LogP contribution in [0.2, 0.25) is 0 Å². The second-order valence-electron chi connectivity index (χ2n) is 6.84. The largest absolute Gasteiger partial charge is 0.383 e. The van der Waals surface area contributed by atoms with E-state index in [1.807, 2.05) is 9.80 Å². The van der Waals surface area contributed by atoms with Gasteiger partial charge in [0, 0.05) is 46.5 Å². The highest BCUT2D eigenvalue weighted by molar-refractivity contribution is 5.92. The maximum absolute atomic E-state index is 12.8. The number of amides is 2. The number of hydrogen-bond donors (Lipinski definition) is 0. The van der Waals surface area contributed by atoms with E-state index in [0.29, 0.717) is 31.9 Å². The Kier molecular flexibility index (Phi) is 4.89. The maximum Gasteiger partial charge on any atom is 0.274 e. The van der Waals surface area contributed by atoms with Crippen molar-refractivity contribution in [2.24, 2.45) is 12.5 Å². The van der Waals surface area contributed by atoms with Crippen LogP contribution < -0.4 is 0 Å². The van der Waals surface area contributed by atoms with Crippen molar-refractivity contribution in [2.45, 2.75) is 25.7 Å². The van der Waals surface area contributed by atoms with Gasteiger partial charge in [-0.15, -0.1) is 0 Å². The van der Waals surface area contributed by atoms with Gasteiger partial charge in [0.2, 0.25) is 5.91 Å². The van der Waals surface area contributed by atoms with Crippen LogP contribution in [-0.2, 0) is 16.6 Å². The van der Waals surface area contributed by atoms with E-state index in [-0.39, 0.29) is 17.2 Å². The fraction of sp³-hybridized carbons (Fsp3) is 0.706. The van der Waals surface area contributed by atoms with Gasteiger partial charge in [-0.1, -0.05) is 0 Å². The van der Waals surface area contributed by atoms with Crippen LogP contribution in [0.25, 0.3) is 0 Å². The van der Waals surface area contributed by atoms with Crippen molar-refractivity contribution in [1.82, 2.24) is 19.6 Å². The first-order valence-electron chi connectivity index (χ1n) is 8.63. The van der Waals surface area contributed by atoms with Crippen molar-refractivity contribution in [1.29, 1.82) is 0 Å². The Hall–Kier alpha value is -1.89. The van der Waals surface area contributed by atoms with E-state index >= 15 is 0 Å². The van der Waals surface area contributed by atoms with Gasteiger partial charge in [-0.2, -0.15) is 5.10 Å². The fourth-order valence-corrected chi connectivity index (χ4v) is 3.86. The minimum absolute atomic E-state index is 0.0330. The summed E-state index contributed by atoms with van der Waals surface area (Å²) in [5, 5.41) is 4.20. The van der Waals surface area contributed by atoms with Crippen molar-refractivity contribution in [3.8, 4) is 0 Å². The maximum atomic E-state index is 12.8. The van der Waals surface area contributed by atoms with Crippen molar-refractivity contribution in [2.75, 3.05) is 39.9 Å². The fourth-order valence-electron chi connectivity index (χ4n) is 3.86. The van der Waals surface area contributed by atoms with Crippen LogP contribution in [0, 0.1) is 5.41 Å². The van der Waals surface area contributed by atoms with Gasteiger partial charge in [0.1, 0.15) is 5.69 Å². The topological polar surface area (TPSA) is 67.7 Å². The Bertz CT molecular complexity index is 615. The number of rotatable bonds is 4. The lowest BCUT2D eigenvalue weighted by molar-refractivity contribution is -0.137. The number of methoxy groups -OCH3 is 1. The van der Waals surface area contributed by atoms with Crippen LogP contribution >= 0.6 is 0 Å². The average Bonchev–Trinajstić information content (AvgIpc) is 3.05. The first-order chi connectivity index (χ1) is 11.6. The van der Waals surface area contributed by atoms with Gasteiger partial charge in [-0.05, 0) is 31.7 Å². The average molecular weight is 334 g/mol. The number of ether oxygens (including phenoxy) is 1. The number of likely N-dealkylation sites (tertiary alicyclic amines) is 2. The van der Waals surface area contributed by atoms with Crippen molar-refractivity contribution in [3.05, 3.63) is 18.0 Å². The summed E-state index contributed by atoms with van der Waals surface area (Å²) in [7, 11) is 3.46. The van der Waals surface area contributed by atoms with E-state index in [0.717, 1.165) is 32.2 Å². The minimum atomic E-state index is -0.285. The van der Waals surface area contributed by atoms with Gasteiger partial charge in [0.05, 0.1) is 12.0 Å². The van der Waals surface area contributed by atoms with Crippen LogP contribution in [-0.4, -0.2) is 71.3 Å². The second-order valence-corrected chi connectivity index (χ2v) is 6.84. The number of aryl methyl sites for hydroxylation is 1. The molecular formula is C17H26N4O3. The highest BCUT2D eigenvalue weighted by Gasteiger charge is 2.47. The summed E-state index contributed by atoms with van der Waals surface area (Å²) in [5.41, 5.74) is 0.195. The summed E-state index contributed by atoms with van der Waals surface area (Å²) < 4.78 is 6.74. The van der Waals surface area contributed by atoms with E-state index in [4.69, 9.17) is 4.74 Å². The zero-order valence-electron chi connectivity index (χ0n) is 14.5. The van der Waals surface area contributed by atoms with Gasteiger partial charge in [-0.3, -0.25) is 14.3 Å². The molecule has 24 heavy (non-hydrogen) atoms. The third-order valence-electron chi connectivity index (χ3n) is 5.33. The Morgan fingerprint density at radius 2 is 2.08 bits per heavy atom. The predicted octanol–water partition coefficient (Wildman–Crippen LogP) is 0.911. The molecule has 7 heteroatoms. The molecule has 1 spiro atoms. The minimum Gasteiger partial charge on any atom is -0.383 e. The molecule has 0 aromatic carbocycles. The van der Waals surface area contributed by atoms with Crippen LogP contribution in [0.1, 0.15) is 36.2 Å². The lowest BCUT2D eigenvalue weighted by atomic mass is 9.79. The number of carbonyl (C=O) groups excluding carboxylic acids is 2. The summed E-state index contributed by atoms with van der Waals surface area (Å²) in [6.07, 6.45) is 5.14. The van der Waals surface area contributed by atoms with Crippen molar-refractivity contribution >= 4 is 11.8 Å². The van der Waals surface area contributed by atoms with E-state index < -0.39 is 0 Å². The van der Waals surface area contributed by atoms with Crippen LogP contribution in [0.5, 0.6) is 0 Å². The summed E-state index contributed by atoms with van der Waals surface area (Å²) in [6, 6.07) is 1.75. The van der Waals surface area contributed by atoms with Gasteiger partial charge in [-0.25, -0.2) is 0 Å². The zero-order chi connectivity index (χ0) is 17.2. The highest BCUT2D eigenvalue weighted by Crippen LogP contribution is 2.41. The van der Waals surface area contributed by atoms with Gasteiger partial charge >= 0.3 is 0 Å². The molecule has 3 rings (SSSR count). The molecule has 0 radical (unpaired) electrons. The van der Waals surface area contributed by atoms with Crippen LogP contribution in [0.15, 0.2) is 12.3 Å². The Morgan fingerprint density at radius 1 is 1.29 bits per heavy atom. The zero-order valence-corrected chi connectivity index (χ0v) is 14.5. The predicted molar refractivity (Wildman–Crippen MR) is 88.5 cm³/mol. The third-order valence-corrected chi connectivity index (χ3v) is 5.33. The smallest absolute Gasteiger partial charge is 0.274 e. The van der Waals surface area contributed by atoms with Crippen molar-refractivity contribution in [3.63, 3.8) is 0 Å². The normalized spacial score (nSPS) is 24.7. The quantitative estimate of drug-likeness (QED) is 0.821. The summed E-state index contributed by atoms with van der Waals surface area (Å²) in [6.45, 7) is 3.36. The molecule has 3 heterocycles. The lowest BCUT2D eigenvalue weighted by Crippen LogP contribution is -2.37. The number of aromatic nitrogens is 2. The first-order valence-corrected chi connectivity index (χ1v) is 8.63. The molecule has 132 valence electrons. The Morgan fingerprint density at radius 3 is 2.79 bits per heavy atom. The summed E-state index contributed by atoms with van der Waals surface area (Å²) in [5.74, 6) is 0.209. The van der Waals surface area contributed by atoms with Crippen LogP contribution in [0.4, 0.5) is 0 Å². The Labute approximate surface area is 142 Å². The molecule has 0 N–H and O–H groups in total. The monoisotopic (exact) mass is 334 g/mol. The molecular weight excluding hydrogens is 308 g/mol. The van der Waals surface area contributed by atoms with E-state index in [9.17, 15) is 9.59 Å². The molecule has 2 amide bonds. The number of carbonyl (C=O) groups is 2. The lowest BCUT2D eigenvalue weighted by Gasteiger charge is -2.26. The van der Waals surface area contributed by atoms with Gasteiger partial charge in [0.15, 0.2) is 0 Å². The summed E-state index contributed by atoms with van der Waals surface area (Å²) in [4.78, 5) is 29.2. The molecule has 1 atom stereocenters. The molecule has 1 aromatic heterocycles. The molecule has 2 aliphatic heterocycles. The van der Waals surface area contributed by atoms with E-state index in [1.165, 1.54) is 0 Å². The standard InChI is InChI=1S/C17H26N4O3/c1-19-9-4-14(18-19)15(22)20-8-3-5-17(6-10-20)7-11-21(16(17)23)12-13-24-2/h4,9H,3,5-8,10-13H2,1-2H3. The van der Waals surface area contributed by atoms with Gasteiger partial charge < -0.3 is 14.5 Å². The molecule has 0 saturated carbocycles. The van der Waals surface area contributed by atoms with Gasteiger partial charge in [0.25, 0.3) is 5.91 Å². The SMILES string of the molecule is COCCN1CCC2(CCCN(C(=O)c3ccn(C)n3)CC2)C1=O. The second kappa shape index (κ2) is 6.93. The number of hydrogen-bond acceptors (Lipinski definition) is 4. The molecule has 2 saturated heterocycles. The number of nitrogens with zero attached hydrogens (tertiary/aromatic N) is 4. The molecule has 0 aliphatic carbocycles. The molecule has 0 bridgehead atoms. The van der Waals surface area contributed by atoms with Crippen LogP contribution in [0.3, 0.4) is 0 Å². The molecule has 2 fully saturated rings. The first kappa shape index (κ1) is 17.0. The third kappa shape index (κ3) is 3.17. The molecule has 7 nitrogen and oxygen atoms in total. The molecule has 1 unspecified atom stereocenters. The molecule has 2 aliphatic rings.